The van der Waals surface area contributed by atoms with E-state index in [0.717, 1.165) is 29.7 Å². The van der Waals surface area contributed by atoms with E-state index < -0.39 is 29.4 Å². The lowest BCUT2D eigenvalue weighted by atomic mass is 9.99. The number of thiophene rings is 1. The molecule has 1 fully saturated rings. The van der Waals surface area contributed by atoms with Gasteiger partial charge in [0.25, 0.3) is 11.6 Å². The first kappa shape index (κ1) is 27.8. The van der Waals surface area contributed by atoms with Crippen LogP contribution in [0.5, 0.6) is 0 Å². The first-order chi connectivity index (χ1) is 18.8. The molecule has 1 atom stereocenters. The lowest BCUT2D eigenvalue weighted by Crippen LogP contribution is -2.34. The number of hydrogen-bond donors (Lipinski definition) is 1. The summed E-state index contributed by atoms with van der Waals surface area (Å²) in [5, 5.41) is 16.4. The summed E-state index contributed by atoms with van der Waals surface area (Å²) in [5.74, 6) is -1.70. The van der Waals surface area contributed by atoms with Gasteiger partial charge in [-0.05, 0) is 43.4 Å². The third-order valence-electron chi connectivity index (χ3n) is 6.35. The Balaban J connectivity index is 1.45. The number of esters is 2. The predicted octanol–water partition coefficient (Wildman–Crippen LogP) is 5.53. The summed E-state index contributed by atoms with van der Waals surface area (Å²) >= 11 is 1.15. The van der Waals surface area contributed by atoms with Gasteiger partial charge in [0.05, 0.1) is 17.1 Å². The lowest BCUT2D eigenvalue weighted by molar-refractivity contribution is -0.384. The summed E-state index contributed by atoms with van der Waals surface area (Å²) in [7, 11) is 0. The van der Waals surface area contributed by atoms with Crippen molar-refractivity contribution in [3.05, 3.63) is 75.2 Å². The Morgan fingerprint density at radius 2 is 1.90 bits per heavy atom. The van der Waals surface area contributed by atoms with Gasteiger partial charge in [0.2, 0.25) is 0 Å². The highest BCUT2D eigenvalue weighted by atomic mass is 32.1. The van der Waals surface area contributed by atoms with Gasteiger partial charge >= 0.3 is 11.9 Å². The fraction of sp³-hybridized carbons (Fsp3) is 0.321. The summed E-state index contributed by atoms with van der Waals surface area (Å²) in [6.07, 6.45) is 2.00. The second kappa shape index (κ2) is 12.5. The van der Waals surface area contributed by atoms with Gasteiger partial charge in [0, 0.05) is 30.1 Å². The Labute approximate surface area is 229 Å². The number of nitro groups is 1. The van der Waals surface area contributed by atoms with Crippen molar-refractivity contribution in [1.29, 1.82) is 0 Å². The summed E-state index contributed by atoms with van der Waals surface area (Å²) in [6, 6.07) is 13.4. The molecule has 3 aromatic rings. The number of carbonyl (C=O) groups is 3. The van der Waals surface area contributed by atoms with Gasteiger partial charge in [0.15, 0.2) is 6.61 Å². The van der Waals surface area contributed by atoms with E-state index in [1.165, 1.54) is 12.1 Å². The number of benzene rings is 2. The van der Waals surface area contributed by atoms with Gasteiger partial charge in [-0.25, -0.2) is 9.59 Å². The maximum atomic E-state index is 12.7. The molecule has 0 spiro atoms. The summed E-state index contributed by atoms with van der Waals surface area (Å²) in [6.45, 7) is 4.72. The number of nitro benzene ring substituents is 1. The number of nitrogens with zero attached hydrogens (tertiary/aromatic N) is 2. The quantitative estimate of drug-likeness (QED) is 0.209. The molecule has 1 unspecified atom stereocenters. The van der Waals surface area contributed by atoms with Crippen molar-refractivity contribution in [3.63, 3.8) is 0 Å². The molecule has 10 nitrogen and oxygen atoms in total. The molecular weight excluding hydrogens is 522 g/mol. The molecule has 4 rings (SSSR count). The van der Waals surface area contributed by atoms with Crippen LogP contribution in [-0.2, 0) is 14.3 Å². The molecular formula is C28H29N3O7S. The second-order valence-corrected chi connectivity index (χ2v) is 10.1. The number of hydrogen-bond acceptors (Lipinski definition) is 9. The van der Waals surface area contributed by atoms with Crippen LogP contribution in [0.4, 0.5) is 16.4 Å². The highest BCUT2D eigenvalue weighted by Crippen LogP contribution is 2.36. The Kier molecular flexibility index (Phi) is 8.92. The van der Waals surface area contributed by atoms with Gasteiger partial charge in [-0.1, -0.05) is 37.3 Å². The summed E-state index contributed by atoms with van der Waals surface area (Å²) in [4.78, 5) is 51.2. The van der Waals surface area contributed by atoms with Gasteiger partial charge in [0.1, 0.15) is 16.3 Å². The van der Waals surface area contributed by atoms with Crippen molar-refractivity contribution in [2.75, 3.05) is 36.5 Å². The highest BCUT2D eigenvalue weighted by Gasteiger charge is 2.26. The van der Waals surface area contributed by atoms with Crippen LogP contribution in [0.3, 0.4) is 0 Å². The first-order valence-corrected chi connectivity index (χ1v) is 13.5. The zero-order chi connectivity index (χ0) is 27.9. The zero-order valence-corrected chi connectivity index (χ0v) is 22.5. The van der Waals surface area contributed by atoms with Crippen LogP contribution in [0, 0.1) is 16.0 Å². The second-order valence-electron chi connectivity index (χ2n) is 9.22. The van der Waals surface area contributed by atoms with E-state index >= 15 is 0 Å². The van der Waals surface area contributed by atoms with E-state index in [2.05, 4.69) is 12.2 Å². The molecule has 1 aromatic heterocycles. The largest absolute Gasteiger partial charge is 0.462 e. The fourth-order valence-electron chi connectivity index (χ4n) is 4.54. The van der Waals surface area contributed by atoms with Crippen molar-refractivity contribution in [2.24, 2.45) is 5.92 Å². The van der Waals surface area contributed by atoms with Crippen molar-refractivity contribution >= 4 is 45.6 Å². The minimum Gasteiger partial charge on any atom is -0.462 e. The zero-order valence-electron chi connectivity index (χ0n) is 21.7. The van der Waals surface area contributed by atoms with Gasteiger partial charge < -0.3 is 19.7 Å². The Morgan fingerprint density at radius 3 is 2.59 bits per heavy atom. The van der Waals surface area contributed by atoms with Crippen molar-refractivity contribution in [3.8, 4) is 11.1 Å². The van der Waals surface area contributed by atoms with Crippen molar-refractivity contribution in [2.45, 2.75) is 26.7 Å². The van der Waals surface area contributed by atoms with Gasteiger partial charge in [-0.15, -0.1) is 11.3 Å². The molecule has 39 heavy (non-hydrogen) atoms. The maximum absolute atomic E-state index is 12.7. The monoisotopic (exact) mass is 551 g/mol. The number of rotatable bonds is 9. The van der Waals surface area contributed by atoms with Crippen molar-refractivity contribution < 1.29 is 28.8 Å². The molecule has 0 saturated carbocycles. The highest BCUT2D eigenvalue weighted by molar-refractivity contribution is 7.15. The third kappa shape index (κ3) is 6.61. The van der Waals surface area contributed by atoms with Gasteiger partial charge in [-0.3, -0.25) is 14.9 Å². The predicted molar refractivity (Wildman–Crippen MR) is 148 cm³/mol. The van der Waals surface area contributed by atoms with E-state index in [9.17, 15) is 24.5 Å². The molecule has 1 saturated heterocycles. The molecule has 1 aliphatic rings. The van der Waals surface area contributed by atoms with Crippen LogP contribution < -0.4 is 10.2 Å². The van der Waals surface area contributed by atoms with E-state index in [4.69, 9.17) is 9.47 Å². The molecule has 0 aliphatic carbocycles. The number of nitrogens with one attached hydrogen (secondary N) is 1. The van der Waals surface area contributed by atoms with Crippen LogP contribution in [-0.4, -0.2) is 49.1 Å². The average Bonchev–Trinajstić information content (AvgIpc) is 3.35. The first-order valence-electron chi connectivity index (χ1n) is 12.6. The molecule has 2 aromatic carbocycles. The van der Waals surface area contributed by atoms with E-state index in [1.54, 1.807) is 18.4 Å². The average molecular weight is 552 g/mol. The van der Waals surface area contributed by atoms with Crippen LogP contribution >= 0.6 is 11.3 Å². The van der Waals surface area contributed by atoms with Crippen LogP contribution in [0.15, 0.2) is 53.9 Å². The number of carbonyl (C=O) groups excluding carboxylic acids is 3. The Bertz CT molecular complexity index is 1370. The van der Waals surface area contributed by atoms with E-state index in [1.807, 2.05) is 35.2 Å². The SMILES string of the molecule is CCOC(=O)c1c(-c2ccccc2)csc1NC(=O)COC(=O)c1ccc(N2CCCC(C)C2)c([N+](=O)[O-])c1. The normalized spacial score (nSPS) is 14.9. The molecule has 0 radical (unpaired) electrons. The third-order valence-corrected chi connectivity index (χ3v) is 7.24. The topological polar surface area (TPSA) is 128 Å². The van der Waals surface area contributed by atoms with E-state index in [0.29, 0.717) is 30.3 Å². The molecule has 2 heterocycles. The van der Waals surface area contributed by atoms with E-state index in [-0.39, 0.29) is 28.4 Å². The van der Waals surface area contributed by atoms with Crippen LogP contribution in [0.25, 0.3) is 11.1 Å². The minimum absolute atomic E-state index is 0.0296. The van der Waals surface area contributed by atoms with Crippen LogP contribution in [0.2, 0.25) is 0 Å². The molecule has 1 aliphatic heterocycles. The number of anilines is 2. The molecule has 0 bridgehead atoms. The number of ether oxygens (including phenoxy) is 2. The van der Waals surface area contributed by atoms with Crippen molar-refractivity contribution in [1.82, 2.24) is 0 Å². The smallest absolute Gasteiger partial charge is 0.341 e. The Hall–Kier alpha value is -4.25. The van der Waals surface area contributed by atoms with Crippen LogP contribution in [0.1, 0.15) is 47.4 Å². The fourth-order valence-corrected chi connectivity index (χ4v) is 5.51. The molecule has 1 N–H and O–H groups in total. The maximum Gasteiger partial charge on any atom is 0.341 e. The summed E-state index contributed by atoms with van der Waals surface area (Å²) < 4.78 is 10.3. The van der Waals surface area contributed by atoms with Gasteiger partial charge in [-0.2, -0.15) is 0 Å². The lowest BCUT2D eigenvalue weighted by Gasteiger charge is -2.32. The minimum atomic E-state index is -0.867. The standard InChI is InChI=1S/C28H29N3O7S/c1-3-37-28(34)25-21(19-9-5-4-6-10-19)17-39-26(25)29-24(32)16-38-27(33)20-11-12-22(23(14-20)31(35)36)30-13-7-8-18(2)15-30/h4-6,9-12,14,17-18H,3,7-8,13,15-16H2,1-2H3,(H,29,32). The molecule has 11 heteroatoms. The number of piperidine rings is 1. The summed E-state index contributed by atoms with van der Waals surface area (Å²) in [5.41, 5.74) is 1.85. The number of amides is 1. The molecule has 204 valence electrons. The molecule has 1 amide bonds. The Morgan fingerprint density at radius 1 is 1.13 bits per heavy atom.